The first-order valence-electron chi connectivity index (χ1n) is 9.44. The molecule has 0 amide bonds. The molecule has 1 unspecified atom stereocenters. The summed E-state index contributed by atoms with van der Waals surface area (Å²) in [5.74, 6) is -2.26. The van der Waals surface area contributed by atoms with Gasteiger partial charge in [-0.05, 0) is 49.6 Å². The largest absolute Gasteiger partial charge is 0.478 e. The molecule has 6 nitrogen and oxygen atoms in total. The van der Waals surface area contributed by atoms with Crippen LogP contribution in [0.15, 0.2) is 42.1 Å². The number of allylic oxidation sites excluding steroid dienone is 1. The highest BCUT2D eigenvalue weighted by Gasteiger charge is 2.39. The highest BCUT2D eigenvalue weighted by molar-refractivity contribution is 6.34. The average Bonchev–Trinajstić information content (AvgIpc) is 3.12. The minimum atomic E-state index is -1.22. The van der Waals surface area contributed by atoms with Gasteiger partial charge in [0.15, 0.2) is 6.17 Å². The van der Waals surface area contributed by atoms with E-state index in [0.29, 0.717) is 18.7 Å². The third-order valence-corrected chi connectivity index (χ3v) is 5.72. The van der Waals surface area contributed by atoms with Crippen LogP contribution < -0.4 is 5.32 Å². The summed E-state index contributed by atoms with van der Waals surface area (Å²) in [6, 6.07) is 10.4. The van der Waals surface area contributed by atoms with Crippen LogP contribution in [0.4, 0.5) is 4.39 Å². The van der Waals surface area contributed by atoms with Crippen LogP contribution in [-0.4, -0.2) is 34.5 Å². The number of ketones is 1. The van der Waals surface area contributed by atoms with E-state index < -0.39 is 18.0 Å². The summed E-state index contributed by atoms with van der Waals surface area (Å²) in [6.07, 6.45) is 1.60. The SMILES string of the molecule is N#Cc1cccc(Cl)c1C(=O)C1NC(c2ccc(C(=O)O)cc2F)=C2CCCCN21. The smallest absolute Gasteiger partial charge is 0.335 e. The molecule has 30 heavy (non-hydrogen) atoms. The predicted octanol–water partition coefficient (Wildman–Crippen LogP) is 4.02. The fraction of sp³-hybridized carbons (Fsp3) is 0.227. The summed E-state index contributed by atoms with van der Waals surface area (Å²) in [5, 5.41) is 21.8. The zero-order chi connectivity index (χ0) is 21.4. The molecular weight excluding hydrogens is 409 g/mol. The highest BCUT2D eigenvalue weighted by atomic mass is 35.5. The Labute approximate surface area is 177 Å². The number of carboxylic acid groups (broad SMARTS) is 1. The summed E-state index contributed by atoms with van der Waals surface area (Å²) >= 11 is 6.23. The molecule has 2 heterocycles. The molecule has 2 aliphatic rings. The molecule has 2 aliphatic heterocycles. The first-order chi connectivity index (χ1) is 14.4. The van der Waals surface area contributed by atoms with Gasteiger partial charge >= 0.3 is 5.97 Å². The van der Waals surface area contributed by atoms with Crippen molar-refractivity contribution in [2.45, 2.75) is 25.4 Å². The number of halogens is 2. The Hall–Kier alpha value is -3.37. The number of carboxylic acids is 1. The van der Waals surface area contributed by atoms with Crippen molar-refractivity contribution in [2.75, 3.05) is 6.54 Å². The number of fused-ring (bicyclic) bond motifs is 1. The van der Waals surface area contributed by atoms with Crippen LogP contribution in [0.1, 0.15) is 51.1 Å². The molecule has 0 bridgehead atoms. The van der Waals surface area contributed by atoms with Crippen molar-refractivity contribution in [3.8, 4) is 6.07 Å². The summed E-state index contributed by atoms with van der Waals surface area (Å²) in [7, 11) is 0. The van der Waals surface area contributed by atoms with Crippen molar-refractivity contribution in [2.24, 2.45) is 0 Å². The number of benzene rings is 2. The molecule has 2 aromatic carbocycles. The van der Waals surface area contributed by atoms with Crippen molar-refractivity contribution in [3.63, 3.8) is 0 Å². The Morgan fingerprint density at radius 1 is 1.27 bits per heavy atom. The number of nitrogens with zero attached hydrogens (tertiary/aromatic N) is 2. The summed E-state index contributed by atoms with van der Waals surface area (Å²) in [4.78, 5) is 26.4. The molecule has 2 N–H and O–H groups in total. The number of carbonyl (C=O) groups excluding carboxylic acids is 1. The molecule has 0 spiro atoms. The second-order valence-corrected chi connectivity index (χ2v) is 7.56. The van der Waals surface area contributed by atoms with Crippen molar-refractivity contribution in [1.29, 1.82) is 5.26 Å². The Kier molecular flexibility index (Phi) is 5.18. The van der Waals surface area contributed by atoms with Crippen molar-refractivity contribution < 1.29 is 19.1 Å². The molecule has 0 aliphatic carbocycles. The maximum Gasteiger partial charge on any atom is 0.335 e. The maximum atomic E-state index is 14.7. The summed E-state index contributed by atoms with van der Waals surface area (Å²) in [5.41, 5.74) is 1.63. The number of nitrogens with one attached hydrogen (secondary N) is 1. The maximum absolute atomic E-state index is 14.7. The molecule has 0 radical (unpaired) electrons. The van der Waals surface area contributed by atoms with E-state index >= 15 is 0 Å². The highest BCUT2D eigenvalue weighted by Crippen LogP contribution is 2.37. The Bertz CT molecular complexity index is 1140. The normalized spacial score (nSPS) is 17.9. The third-order valence-electron chi connectivity index (χ3n) is 5.40. The van der Waals surface area contributed by atoms with Gasteiger partial charge < -0.3 is 15.3 Å². The van der Waals surface area contributed by atoms with Crippen LogP contribution in [0.25, 0.3) is 5.70 Å². The van der Waals surface area contributed by atoms with Crippen LogP contribution in [0.3, 0.4) is 0 Å². The van der Waals surface area contributed by atoms with Gasteiger partial charge in [0.25, 0.3) is 0 Å². The number of rotatable bonds is 4. The molecule has 0 saturated carbocycles. The van der Waals surface area contributed by atoms with Gasteiger partial charge in [-0.3, -0.25) is 4.79 Å². The minimum Gasteiger partial charge on any atom is -0.478 e. The molecule has 0 aromatic heterocycles. The van der Waals surface area contributed by atoms with Gasteiger partial charge in [-0.15, -0.1) is 0 Å². The number of nitriles is 1. The second kappa shape index (κ2) is 7.81. The van der Waals surface area contributed by atoms with E-state index in [-0.39, 0.29) is 33.1 Å². The second-order valence-electron chi connectivity index (χ2n) is 7.16. The number of aromatic carboxylic acids is 1. The van der Waals surface area contributed by atoms with Crippen molar-refractivity contribution >= 4 is 29.1 Å². The van der Waals surface area contributed by atoms with Crippen LogP contribution >= 0.6 is 11.6 Å². The van der Waals surface area contributed by atoms with Gasteiger partial charge in [0.2, 0.25) is 5.78 Å². The minimum absolute atomic E-state index is 0.132. The summed E-state index contributed by atoms with van der Waals surface area (Å²) in [6.45, 7) is 0.601. The number of piperidine rings is 1. The topological polar surface area (TPSA) is 93.4 Å². The van der Waals surface area contributed by atoms with Crippen LogP contribution in [0.5, 0.6) is 0 Å². The lowest BCUT2D eigenvalue weighted by Gasteiger charge is -2.31. The van der Waals surface area contributed by atoms with Crippen LogP contribution in [-0.2, 0) is 0 Å². The Morgan fingerprint density at radius 3 is 2.77 bits per heavy atom. The lowest BCUT2D eigenvalue weighted by molar-refractivity contribution is 0.0696. The van der Waals surface area contributed by atoms with E-state index in [4.69, 9.17) is 16.7 Å². The van der Waals surface area contributed by atoms with Gasteiger partial charge in [-0.2, -0.15) is 5.26 Å². The molecule has 8 heteroatoms. The van der Waals surface area contributed by atoms with Gasteiger partial charge in [0.1, 0.15) is 5.82 Å². The van der Waals surface area contributed by atoms with Gasteiger partial charge in [-0.1, -0.05) is 17.7 Å². The van der Waals surface area contributed by atoms with Crippen molar-refractivity contribution in [3.05, 3.63) is 75.2 Å². The van der Waals surface area contributed by atoms with Gasteiger partial charge in [0.05, 0.1) is 33.5 Å². The van der Waals surface area contributed by atoms with Crippen molar-refractivity contribution in [1.82, 2.24) is 10.2 Å². The van der Waals surface area contributed by atoms with E-state index in [1.165, 1.54) is 18.2 Å². The third kappa shape index (κ3) is 3.29. The summed E-state index contributed by atoms with van der Waals surface area (Å²) < 4.78 is 14.7. The lowest BCUT2D eigenvalue weighted by atomic mass is 10.0. The molecule has 2 aromatic rings. The van der Waals surface area contributed by atoms with Gasteiger partial charge in [-0.25, -0.2) is 9.18 Å². The van der Waals surface area contributed by atoms with Crippen LogP contribution in [0.2, 0.25) is 5.02 Å². The molecular formula is C22H17ClFN3O3. The monoisotopic (exact) mass is 425 g/mol. The van der Waals surface area contributed by atoms with E-state index in [9.17, 15) is 19.2 Å². The van der Waals surface area contributed by atoms with Crippen LogP contribution in [0, 0.1) is 17.1 Å². The Morgan fingerprint density at radius 2 is 2.07 bits per heavy atom. The van der Waals surface area contributed by atoms with E-state index in [1.54, 1.807) is 12.1 Å². The number of hydrogen-bond acceptors (Lipinski definition) is 5. The molecule has 1 fully saturated rings. The average molecular weight is 426 g/mol. The fourth-order valence-electron chi connectivity index (χ4n) is 4.00. The predicted molar refractivity (Wildman–Crippen MR) is 108 cm³/mol. The van der Waals surface area contributed by atoms with E-state index in [2.05, 4.69) is 5.32 Å². The first kappa shape index (κ1) is 19.9. The molecule has 152 valence electrons. The zero-order valence-electron chi connectivity index (χ0n) is 15.8. The number of hydrogen-bond donors (Lipinski definition) is 2. The fourth-order valence-corrected chi connectivity index (χ4v) is 4.27. The Balaban J connectivity index is 1.75. The number of carbonyl (C=O) groups is 2. The van der Waals surface area contributed by atoms with E-state index in [0.717, 1.165) is 24.6 Å². The standard InChI is InChI=1S/C22H17ClFN3O3/c23-15-5-3-4-13(11-25)18(15)20(28)21-26-19(17-6-1-2-9-27(17)21)14-8-7-12(22(29)30)10-16(14)24/h3-5,7-8,10,21,26H,1-2,6,9H2,(H,29,30). The molecule has 4 rings (SSSR count). The number of Topliss-reactive ketones (excluding diaryl/α,β-unsaturated/α-hetero) is 1. The van der Waals surface area contributed by atoms with E-state index in [1.807, 2.05) is 11.0 Å². The zero-order valence-corrected chi connectivity index (χ0v) is 16.5. The first-order valence-corrected chi connectivity index (χ1v) is 9.82. The van der Waals surface area contributed by atoms with Gasteiger partial charge in [0, 0.05) is 17.8 Å². The molecule has 1 atom stereocenters. The molecule has 1 saturated heterocycles. The quantitative estimate of drug-likeness (QED) is 0.719. The lowest BCUT2D eigenvalue weighted by Crippen LogP contribution is -2.45.